The van der Waals surface area contributed by atoms with E-state index in [4.69, 9.17) is 0 Å². The van der Waals surface area contributed by atoms with Gasteiger partial charge in [-0.3, -0.25) is 9.78 Å². The number of halogens is 3. The number of hydrogen-bond donors (Lipinski definition) is 0. The number of carbonyl (C=O) groups excluding carboxylic acids is 1. The molecule has 0 N–H and O–H groups in total. The molecule has 3 nitrogen and oxygen atoms in total. The minimum atomic E-state index is -4.57. The maximum absolute atomic E-state index is 13.0. The number of hydrogen-bond acceptors (Lipinski definition) is 2. The van der Waals surface area contributed by atoms with Crippen LogP contribution in [0, 0.1) is 0 Å². The smallest absolute Gasteiger partial charge is 0.307 e. The van der Waals surface area contributed by atoms with Crippen LogP contribution in [0.1, 0.15) is 22.8 Å². The minimum Gasteiger partial charge on any atom is -0.307 e. The Bertz CT molecular complexity index is 626. The molecular formula is C15H13F3N2O. The summed E-state index contributed by atoms with van der Waals surface area (Å²) >= 11 is 0. The molecular weight excluding hydrogens is 281 g/mol. The fourth-order valence-electron chi connectivity index (χ4n) is 2.02. The molecule has 0 saturated heterocycles. The van der Waals surface area contributed by atoms with Gasteiger partial charge in [-0.1, -0.05) is 12.1 Å². The summed E-state index contributed by atoms with van der Waals surface area (Å²) in [5.41, 5.74) is -0.838. The third-order valence-corrected chi connectivity index (χ3v) is 2.98. The molecule has 0 aliphatic carbocycles. The first-order chi connectivity index (χ1) is 9.95. The Hall–Kier alpha value is -2.37. The molecule has 110 valence electrons. The van der Waals surface area contributed by atoms with E-state index in [2.05, 4.69) is 4.98 Å². The summed E-state index contributed by atoms with van der Waals surface area (Å²) < 4.78 is 39.0. The summed E-state index contributed by atoms with van der Waals surface area (Å²) in [6.07, 6.45) is -1.59. The van der Waals surface area contributed by atoms with E-state index in [0.717, 1.165) is 6.07 Å². The van der Waals surface area contributed by atoms with E-state index in [1.165, 1.54) is 35.5 Å². The quantitative estimate of drug-likeness (QED) is 0.863. The van der Waals surface area contributed by atoms with Crippen LogP contribution in [0.4, 0.5) is 18.9 Å². The van der Waals surface area contributed by atoms with Gasteiger partial charge in [0.1, 0.15) is 0 Å². The average Bonchev–Trinajstić information content (AvgIpc) is 2.48. The zero-order valence-electron chi connectivity index (χ0n) is 11.3. The summed E-state index contributed by atoms with van der Waals surface area (Å²) in [5.74, 6) is -0.696. The monoisotopic (exact) mass is 294 g/mol. The van der Waals surface area contributed by atoms with Gasteiger partial charge in [0.25, 0.3) is 5.91 Å². The molecule has 1 aromatic heterocycles. The summed E-state index contributed by atoms with van der Waals surface area (Å²) in [6.45, 7) is 1.94. The van der Waals surface area contributed by atoms with E-state index in [-0.39, 0.29) is 12.1 Å². The molecule has 0 aliphatic heterocycles. The third-order valence-electron chi connectivity index (χ3n) is 2.98. The molecule has 21 heavy (non-hydrogen) atoms. The van der Waals surface area contributed by atoms with Crippen molar-refractivity contribution in [1.29, 1.82) is 0 Å². The molecule has 1 heterocycles. The van der Waals surface area contributed by atoms with Crippen molar-refractivity contribution >= 4 is 11.6 Å². The van der Waals surface area contributed by atoms with E-state index < -0.39 is 17.6 Å². The van der Waals surface area contributed by atoms with Crippen LogP contribution in [0.15, 0.2) is 48.8 Å². The van der Waals surface area contributed by atoms with Gasteiger partial charge in [0.2, 0.25) is 0 Å². The Morgan fingerprint density at radius 1 is 1.19 bits per heavy atom. The number of carbonyl (C=O) groups is 1. The predicted octanol–water partition coefficient (Wildman–Crippen LogP) is 3.77. The fourth-order valence-corrected chi connectivity index (χ4v) is 2.02. The zero-order valence-corrected chi connectivity index (χ0v) is 11.3. The SMILES string of the molecule is CCN(C(=O)c1ccccc1C(F)(F)F)c1cccnc1. The molecule has 0 radical (unpaired) electrons. The van der Waals surface area contributed by atoms with E-state index in [1.54, 1.807) is 19.1 Å². The topological polar surface area (TPSA) is 33.2 Å². The molecule has 2 rings (SSSR count). The van der Waals surface area contributed by atoms with E-state index in [9.17, 15) is 18.0 Å². The van der Waals surface area contributed by atoms with Crippen molar-refractivity contribution in [3.63, 3.8) is 0 Å². The van der Waals surface area contributed by atoms with Crippen LogP contribution in [-0.2, 0) is 6.18 Å². The lowest BCUT2D eigenvalue weighted by Crippen LogP contribution is -2.32. The first-order valence-corrected chi connectivity index (χ1v) is 6.33. The lowest BCUT2D eigenvalue weighted by atomic mass is 10.1. The Labute approximate surface area is 120 Å². The Morgan fingerprint density at radius 2 is 1.90 bits per heavy atom. The molecule has 0 saturated carbocycles. The standard InChI is InChI=1S/C15H13F3N2O/c1-2-20(11-6-5-9-19-10-11)14(21)12-7-3-4-8-13(12)15(16,17)18/h3-10H,2H2,1H3. The number of nitrogens with zero attached hydrogens (tertiary/aromatic N) is 2. The summed E-state index contributed by atoms with van der Waals surface area (Å²) in [4.78, 5) is 17.6. The van der Waals surface area contributed by atoms with Gasteiger partial charge in [0, 0.05) is 12.7 Å². The number of rotatable bonds is 3. The maximum Gasteiger partial charge on any atom is 0.417 e. The van der Waals surface area contributed by atoms with E-state index in [1.807, 2.05) is 0 Å². The number of aromatic nitrogens is 1. The number of alkyl halides is 3. The van der Waals surface area contributed by atoms with Crippen molar-refractivity contribution in [2.75, 3.05) is 11.4 Å². The van der Waals surface area contributed by atoms with Gasteiger partial charge in [-0.25, -0.2) is 0 Å². The molecule has 0 atom stereocenters. The highest BCUT2D eigenvalue weighted by molar-refractivity contribution is 6.07. The van der Waals surface area contributed by atoms with Gasteiger partial charge in [0.15, 0.2) is 0 Å². The fraction of sp³-hybridized carbons (Fsp3) is 0.200. The van der Waals surface area contributed by atoms with E-state index >= 15 is 0 Å². The normalized spacial score (nSPS) is 11.2. The number of pyridine rings is 1. The van der Waals surface area contributed by atoms with Crippen molar-refractivity contribution in [2.24, 2.45) is 0 Å². The van der Waals surface area contributed by atoms with Crippen molar-refractivity contribution in [2.45, 2.75) is 13.1 Å². The average molecular weight is 294 g/mol. The molecule has 1 aromatic carbocycles. The Balaban J connectivity index is 2.44. The molecule has 2 aromatic rings. The lowest BCUT2D eigenvalue weighted by Gasteiger charge is -2.22. The van der Waals surface area contributed by atoms with Gasteiger partial charge in [-0.05, 0) is 31.2 Å². The molecule has 6 heteroatoms. The second-order valence-electron chi connectivity index (χ2n) is 4.30. The highest BCUT2D eigenvalue weighted by Gasteiger charge is 2.35. The van der Waals surface area contributed by atoms with Crippen molar-refractivity contribution in [3.05, 3.63) is 59.9 Å². The van der Waals surface area contributed by atoms with Gasteiger partial charge in [0.05, 0.1) is 23.0 Å². The number of benzene rings is 1. The highest BCUT2D eigenvalue weighted by Crippen LogP contribution is 2.32. The van der Waals surface area contributed by atoms with Crippen LogP contribution in [0.2, 0.25) is 0 Å². The van der Waals surface area contributed by atoms with Gasteiger partial charge in [-0.2, -0.15) is 13.2 Å². The van der Waals surface area contributed by atoms with Crippen LogP contribution in [-0.4, -0.2) is 17.4 Å². The first-order valence-electron chi connectivity index (χ1n) is 6.33. The van der Waals surface area contributed by atoms with E-state index in [0.29, 0.717) is 5.69 Å². The Morgan fingerprint density at radius 3 is 2.48 bits per heavy atom. The predicted molar refractivity (Wildman–Crippen MR) is 73.0 cm³/mol. The zero-order chi connectivity index (χ0) is 15.5. The molecule has 0 unspecified atom stereocenters. The van der Waals surface area contributed by atoms with Gasteiger partial charge >= 0.3 is 6.18 Å². The van der Waals surface area contributed by atoms with Gasteiger partial charge < -0.3 is 4.90 Å². The molecule has 0 spiro atoms. The molecule has 0 bridgehead atoms. The van der Waals surface area contributed by atoms with Crippen molar-refractivity contribution < 1.29 is 18.0 Å². The van der Waals surface area contributed by atoms with Crippen molar-refractivity contribution in [3.8, 4) is 0 Å². The van der Waals surface area contributed by atoms with Crippen LogP contribution in [0.5, 0.6) is 0 Å². The maximum atomic E-state index is 13.0. The summed E-state index contributed by atoms with van der Waals surface area (Å²) in [6, 6.07) is 8.03. The summed E-state index contributed by atoms with van der Waals surface area (Å²) in [7, 11) is 0. The first kappa shape index (κ1) is 15.0. The lowest BCUT2D eigenvalue weighted by molar-refractivity contribution is -0.137. The molecule has 0 fully saturated rings. The van der Waals surface area contributed by atoms with Crippen LogP contribution < -0.4 is 4.90 Å². The van der Waals surface area contributed by atoms with Crippen LogP contribution in [0.25, 0.3) is 0 Å². The minimum absolute atomic E-state index is 0.247. The molecule has 1 amide bonds. The van der Waals surface area contributed by atoms with Crippen LogP contribution in [0.3, 0.4) is 0 Å². The molecule has 0 aliphatic rings. The van der Waals surface area contributed by atoms with Crippen molar-refractivity contribution in [1.82, 2.24) is 4.98 Å². The highest BCUT2D eigenvalue weighted by atomic mass is 19.4. The number of anilines is 1. The number of amides is 1. The second kappa shape index (κ2) is 5.95. The Kier molecular flexibility index (Phi) is 4.26. The van der Waals surface area contributed by atoms with Gasteiger partial charge in [-0.15, -0.1) is 0 Å². The third kappa shape index (κ3) is 3.21. The largest absolute Gasteiger partial charge is 0.417 e. The van der Waals surface area contributed by atoms with Crippen LogP contribution >= 0.6 is 0 Å². The second-order valence-corrected chi connectivity index (χ2v) is 4.30. The summed E-state index contributed by atoms with van der Waals surface area (Å²) in [5, 5.41) is 0.